The summed E-state index contributed by atoms with van der Waals surface area (Å²) in [7, 11) is 0. The highest BCUT2D eigenvalue weighted by Crippen LogP contribution is 2.11. The van der Waals surface area contributed by atoms with Gasteiger partial charge in [-0.05, 0) is 96.3 Å². The Balaban J connectivity index is 4.62. The summed E-state index contributed by atoms with van der Waals surface area (Å²) >= 11 is 0. The Bertz CT molecular complexity index is 1460. The molecular weight excluding hydrogens is 817 g/mol. The first-order valence-corrected chi connectivity index (χ1v) is 26.3. The van der Waals surface area contributed by atoms with Crippen LogP contribution in [0.5, 0.6) is 0 Å². The maximum Gasteiger partial charge on any atom is 0.306 e. The molecule has 0 radical (unpaired) electrons. The molecule has 0 aliphatic heterocycles. The van der Waals surface area contributed by atoms with Crippen molar-refractivity contribution in [3.8, 4) is 0 Å². The van der Waals surface area contributed by atoms with Gasteiger partial charge in [0.05, 0.1) is 0 Å². The molecule has 0 fully saturated rings. The molecule has 0 heterocycles. The van der Waals surface area contributed by atoms with Crippen molar-refractivity contribution >= 4 is 17.9 Å². The van der Waals surface area contributed by atoms with E-state index in [1.807, 2.05) is 42.5 Å². The zero-order chi connectivity index (χ0) is 47.9. The van der Waals surface area contributed by atoms with Gasteiger partial charge < -0.3 is 14.2 Å². The van der Waals surface area contributed by atoms with Crippen LogP contribution >= 0.6 is 0 Å². The normalized spacial score (nSPS) is 13.2. The lowest BCUT2D eigenvalue weighted by Gasteiger charge is -2.18. The van der Waals surface area contributed by atoms with Crippen LogP contribution < -0.4 is 0 Å². The number of allylic oxidation sites excluding steroid dienone is 22. The van der Waals surface area contributed by atoms with Crippen LogP contribution in [0.25, 0.3) is 0 Å². The van der Waals surface area contributed by atoms with Gasteiger partial charge in [-0.25, -0.2) is 0 Å². The molecule has 0 N–H and O–H groups in total. The van der Waals surface area contributed by atoms with Crippen molar-refractivity contribution in [3.05, 3.63) is 134 Å². The molecule has 0 aromatic carbocycles. The molecule has 0 amide bonds. The van der Waals surface area contributed by atoms with Crippen molar-refractivity contribution < 1.29 is 28.6 Å². The van der Waals surface area contributed by atoms with Gasteiger partial charge in [0.25, 0.3) is 0 Å². The van der Waals surface area contributed by atoms with E-state index in [0.29, 0.717) is 19.3 Å². The van der Waals surface area contributed by atoms with Crippen LogP contribution in [0.4, 0.5) is 0 Å². The lowest BCUT2D eigenvalue weighted by molar-refractivity contribution is -0.166. The fourth-order valence-electron chi connectivity index (χ4n) is 6.52. The fourth-order valence-corrected chi connectivity index (χ4v) is 6.52. The summed E-state index contributed by atoms with van der Waals surface area (Å²) in [5.41, 5.74) is 0. The van der Waals surface area contributed by atoms with Gasteiger partial charge in [0, 0.05) is 19.3 Å². The summed E-state index contributed by atoms with van der Waals surface area (Å²) in [5, 5.41) is 0. The lowest BCUT2D eigenvalue weighted by atomic mass is 10.1. The quantitative estimate of drug-likeness (QED) is 0.0199. The van der Waals surface area contributed by atoms with Crippen LogP contribution in [-0.4, -0.2) is 37.2 Å². The zero-order valence-corrected chi connectivity index (χ0v) is 42.1. The van der Waals surface area contributed by atoms with Crippen molar-refractivity contribution in [1.29, 1.82) is 0 Å². The maximum atomic E-state index is 12.8. The molecule has 0 rings (SSSR count). The molecule has 0 aliphatic carbocycles. The number of hydrogen-bond donors (Lipinski definition) is 0. The fraction of sp³-hybridized carbons (Fsp3) is 0.583. The number of carbonyl (C=O) groups is 3. The van der Waals surface area contributed by atoms with Gasteiger partial charge in [0.15, 0.2) is 6.10 Å². The van der Waals surface area contributed by atoms with Crippen molar-refractivity contribution in [1.82, 2.24) is 0 Å². The van der Waals surface area contributed by atoms with Crippen molar-refractivity contribution in [3.63, 3.8) is 0 Å². The molecule has 0 saturated carbocycles. The van der Waals surface area contributed by atoms with Crippen molar-refractivity contribution in [2.75, 3.05) is 13.2 Å². The van der Waals surface area contributed by atoms with Crippen LogP contribution in [0.15, 0.2) is 134 Å². The Kier molecular flexibility index (Phi) is 49.6. The van der Waals surface area contributed by atoms with E-state index in [4.69, 9.17) is 14.2 Å². The second-order valence-corrected chi connectivity index (χ2v) is 16.8. The minimum atomic E-state index is -0.845. The first kappa shape index (κ1) is 61.5. The zero-order valence-electron chi connectivity index (χ0n) is 42.1. The van der Waals surface area contributed by atoms with E-state index in [2.05, 4.69) is 112 Å². The van der Waals surface area contributed by atoms with Gasteiger partial charge >= 0.3 is 17.9 Å². The highest BCUT2D eigenvalue weighted by molar-refractivity contribution is 5.71. The summed E-state index contributed by atoms with van der Waals surface area (Å²) < 4.78 is 16.7. The van der Waals surface area contributed by atoms with E-state index in [1.54, 1.807) is 0 Å². The standard InChI is InChI=1S/C60H94O6/c1-4-7-10-13-16-19-22-25-27-29-31-32-35-38-41-44-47-50-53-59(62)65-56-57(55-64-58(61)52-49-46-43-40-37-34-24-21-18-15-12-9-6-3)66-60(63)54-51-48-45-42-39-36-33-30-28-26-23-20-17-14-11-8-5-2/h10,13,16-17,19-20,22,25-29,31-34,36-37,42-43,45-46,57H,4-9,11-12,14-15,18,21,23-24,30,35,38-41,44,47-56H2,1-3H3/b13-10-,19-16-,20-17-,25-22-,28-26-,29-27-,32-31-,36-33-,37-34-,45-42-,46-43-. The average Bonchev–Trinajstić information content (AvgIpc) is 3.31. The number of ether oxygens (including phenoxy) is 3. The van der Waals surface area contributed by atoms with E-state index < -0.39 is 12.1 Å². The van der Waals surface area contributed by atoms with E-state index >= 15 is 0 Å². The SMILES string of the molecule is CCC\C=C/C=C\C=C/C=C\C=C/CCCCCCCC(=O)OCC(COC(=O)CC/C=C\C/C=C\CCCCCCCC)OC(=O)CCC/C=C\C/C=C\C/C=C\C/C=C\CCCCC. The summed E-state index contributed by atoms with van der Waals surface area (Å²) in [5.74, 6) is -1.09. The number of rotatable bonds is 45. The van der Waals surface area contributed by atoms with Gasteiger partial charge in [-0.2, -0.15) is 0 Å². The third kappa shape index (κ3) is 50.5. The van der Waals surface area contributed by atoms with Gasteiger partial charge in [0.1, 0.15) is 13.2 Å². The molecule has 66 heavy (non-hydrogen) atoms. The molecule has 1 atom stereocenters. The predicted octanol–water partition coefficient (Wildman–Crippen LogP) is 17.5. The van der Waals surface area contributed by atoms with Crippen molar-refractivity contribution in [2.45, 2.75) is 213 Å². The van der Waals surface area contributed by atoms with Crippen LogP contribution in [0.3, 0.4) is 0 Å². The van der Waals surface area contributed by atoms with Gasteiger partial charge in [-0.15, -0.1) is 0 Å². The summed E-state index contributed by atoms with van der Waals surface area (Å²) in [4.78, 5) is 38.0. The van der Waals surface area contributed by atoms with Crippen LogP contribution in [0.2, 0.25) is 0 Å². The molecule has 0 saturated heterocycles. The largest absolute Gasteiger partial charge is 0.462 e. The molecule has 0 aromatic rings. The number of esters is 3. The second-order valence-electron chi connectivity index (χ2n) is 16.8. The molecule has 6 heteroatoms. The topological polar surface area (TPSA) is 78.9 Å². The summed E-state index contributed by atoms with van der Waals surface area (Å²) in [6.45, 7) is 6.37. The highest BCUT2D eigenvalue weighted by Gasteiger charge is 2.19. The number of hydrogen-bond acceptors (Lipinski definition) is 6. The van der Waals surface area contributed by atoms with Crippen molar-refractivity contribution in [2.24, 2.45) is 0 Å². The summed E-state index contributed by atoms with van der Waals surface area (Å²) in [6, 6.07) is 0. The molecule has 1 unspecified atom stereocenters. The molecule has 370 valence electrons. The highest BCUT2D eigenvalue weighted by atomic mass is 16.6. The molecule has 0 spiro atoms. The molecule has 0 aliphatic rings. The van der Waals surface area contributed by atoms with E-state index in [9.17, 15) is 14.4 Å². The Morgan fingerprint density at radius 1 is 0.318 bits per heavy atom. The Labute approximate surface area is 405 Å². The smallest absolute Gasteiger partial charge is 0.306 e. The first-order chi connectivity index (χ1) is 32.5. The second kappa shape index (κ2) is 53.2. The van der Waals surface area contributed by atoms with Gasteiger partial charge in [0.2, 0.25) is 0 Å². The van der Waals surface area contributed by atoms with E-state index in [1.165, 1.54) is 70.6 Å². The molecule has 0 bridgehead atoms. The lowest BCUT2D eigenvalue weighted by Crippen LogP contribution is -2.30. The monoisotopic (exact) mass is 911 g/mol. The average molecular weight is 911 g/mol. The molecule has 6 nitrogen and oxygen atoms in total. The van der Waals surface area contributed by atoms with Crippen LogP contribution in [0.1, 0.15) is 207 Å². The number of unbranched alkanes of at least 4 members (excludes halogenated alkanes) is 16. The first-order valence-electron chi connectivity index (χ1n) is 26.3. The van der Waals surface area contributed by atoms with Gasteiger partial charge in [-0.1, -0.05) is 225 Å². The number of carbonyl (C=O) groups excluding carboxylic acids is 3. The van der Waals surface area contributed by atoms with E-state index in [-0.39, 0.29) is 38.0 Å². The van der Waals surface area contributed by atoms with Crippen LogP contribution in [-0.2, 0) is 28.6 Å². The minimum absolute atomic E-state index is 0.135. The third-order valence-electron chi connectivity index (χ3n) is 10.5. The molecular formula is C60H94O6. The van der Waals surface area contributed by atoms with Gasteiger partial charge in [-0.3, -0.25) is 14.4 Å². The summed E-state index contributed by atoms with van der Waals surface area (Å²) in [6.07, 6.45) is 74.4. The third-order valence-corrected chi connectivity index (χ3v) is 10.5. The predicted molar refractivity (Wildman–Crippen MR) is 283 cm³/mol. The van der Waals surface area contributed by atoms with Crippen LogP contribution in [0, 0.1) is 0 Å². The van der Waals surface area contributed by atoms with E-state index in [0.717, 1.165) is 83.5 Å². The minimum Gasteiger partial charge on any atom is -0.462 e. The molecule has 0 aromatic heterocycles. The maximum absolute atomic E-state index is 12.8. The Morgan fingerprint density at radius 2 is 0.682 bits per heavy atom. The Morgan fingerprint density at radius 3 is 1.21 bits per heavy atom. The Hall–Kier alpha value is -4.45.